The average molecular weight is 466 g/mol. The highest BCUT2D eigenvalue weighted by Crippen LogP contribution is 2.37. The lowest BCUT2D eigenvalue weighted by Crippen LogP contribution is -2.51. The molecule has 1 saturated heterocycles. The summed E-state index contributed by atoms with van der Waals surface area (Å²) in [5.41, 5.74) is -4.42. The SMILES string of the molecule is O=C(NC1CCCCC1)NC1CCN(S(=O)(=O)c2ccc(SC(F)(F)F)cc2)CC1. The van der Waals surface area contributed by atoms with Crippen molar-refractivity contribution in [3.05, 3.63) is 24.3 Å². The molecule has 1 aromatic rings. The molecule has 11 heteroatoms. The van der Waals surface area contributed by atoms with Gasteiger partial charge in [-0.2, -0.15) is 17.5 Å². The molecule has 0 radical (unpaired) electrons. The number of amides is 2. The number of sulfonamides is 1. The van der Waals surface area contributed by atoms with E-state index >= 15 is 0 Å². The van der Waals surface area contributed by atoms with Crippen LogP contribution in [-0.2, 0) is 10.0 Å². The fraction of sp³-hybridized carbons (Fsp3) is 0.632. The number of carbonyl (C=O) groups excluding carboxylic acids is 1. The summed E-state index contributed by atoms with van der Waals surface area (Å²) in [5.74, 6) is 0. The number of urea groups is 1. The van der Waals surface area contributed by atoms with Crippen LogP contribution >= 0.6 is 11.8 Å². The molecule has 0 atom stereocenters. The second kappa shape index (κ2) is 9.78. The third kappa shape index (κ3) is 6.52. The number of hydrogen-bond donors (Lipinski definition) is 2. The minimum atomic E-state index is -4.42. The van der Waals surface area contributed by atoms with E-state index < -0.39 is 15.5 Å². The van der Waals surface area contributed by atoms with Crippen molar-refractivity contribution in [1.82, 2.24) is 14.9 Å². The zero-order valence-electron chi connectivity index (χ0n) is 16.5. The van der Waals surface area contributed by atoms with Gasteiger partial charge in [-0.25, -0.2) is 13.2 Å². The molecular formula is C19H26F3N3O3S2. The summed E-state index contributed by atoms with van der Waals surface area (Å²) in [6, 6.07) is 4.62. The summed E-state index contributed by atoms with van der Waals surface area (Å²) in [6.07, 6.45) is 6.40. The number of nitrogens with one attached hydrogen (secondary N) is 2. The number of benzene rings is 1. The van der Waals surface area contributed by atoms with Crippen molar-refractivity contribution in [2.45, 2.75) is 72.3 Å². The van der Waals surface area contributed by atoms with Gasteiger partial charge in [0.2, 0.25) is 10.0 Å². The largest absolute Gasteiger partial charge is 0.446 e. The van der Waals surface area contributed by atoms with Crippen molar-refractivity contribution < 1.29 is 26.4 Å². The molecule has 2 aliphatic rings. The number of alkyl halides is 3. The van der Waals surface area contributed by atoms with Gasteiger partial charge in [-0.1, -0.05) is 19.3 Å². The summed E-state index contributed by atoms with van der Waals surface area (Å²) in [7, 11) is -3.78. The third-order valence-electron chi connectivity index (χ3n) is 5.42. The maximum absolute atomic E-state index is 12.8. The minimum absolute atomic E-state index is 0.0320. The van der Waals surface area contributed by atoms with E-state index in [1.165, 1.54) is 22.9 Å². The minimum Gasteiger partial charge on any atom is -0.335 e. The smallest absolute Gasteiger partial charge is 0.335 e. The van der Waals surface area contributed by atoms with Crippen LogP contribution in [0.25, 0.3) is 0 Å². The lowest BCUT2D eigenvalue weighted by atomic mass is 9.96. The Hall–Kier alpha value is -1.46. The number of nitrogens with zero attached hydrogens (tertiary/aromatic N) is 1. The van der Waals surface area contributed by atoms with Crippen LogP contribution < -0.4 is 10.6 Å². The molecule has 2 N–H and O–H groups in total. The lowest BCUT2D eigenvalue weighted by molar-refractivity contribution is -0.0328. The van der Waals surface area contributed by atoms with E-state index in [2.05, 4.69) is 10.6 Å². The molecule has 0 bridgehead atoms. The van der Waals surface area contributed by atoms with Gasteiger partial charge in [-0.15, -0.1) is 0 Å². The Morgan fingerprint density at radius 2 is 1.47 bits per heavy atom. The third-order valence-corrected chi connectivity index (χ3v) is 8.08. The van der Waals surface area contributed by atoms with E-state index in [-0.39, 0.29) is 52.8 Å². The van der Waals surface area contributed by atoms with Gasteiger partial charge in [-0.3, -0.25) is 0 Å². The number of thioether (sulfide) groups is 1. The molecule has 6 nitrogen and oxygen atoms in total. The molecule has 1 aliphatic carbocycles. The van der Waals surface area contributed by atoms with Crippen LogP contribution in [0.1, 0.15) is 44.9 Å². The molecule has 0 unspecified atom stereocenters. The topological polar surface area (TPSA) is 78.5 Å². The molecule has 30 heavy (non-hydrogen) atoms. The van der Waals surface area contributed by atoms with E-state index in [4.69, 9.17) is 0 Å². The normalized spacial score (nSPS) is 20.1. The predicted molar refractivity (Wildman–Crippen MR) is 109 cm³/mol. The molecule has 1 aromatic carbocycles. The van der Waals surface area contributed by atoms with Gasteiger partial charge in [0.1, 0.15) is 0 Å². The summed E-state index contributed by atoms with van der Waals surface area (Å²) < 4.78 is 64.1. The first-order valence-electron chi connectivity index (χ1n) is 10.1. The summed E-state index contributed by atoms with van der Waals surface area (Å²) in [4.78, 5) is 12.1. The quantitative estimate of drug-likeness (QED) is 0.643. The summed E-state index contributed by atoms with van der Waals surface area (Å²) in [6.45, 7) is 0.492. The molecule has 1 heterocycles. The first-order valence-corrected chi connectivity index (χ1v) is 12.3. The molecule has 168 valence electrons. The van der Waals surface area contributed by atoms with Gasteiger partial charge in [0.25, 0.3) is 0 Å². The highest BCUT2D eigenvalue weighted by atomic mass is 32.2. The molecular weight excluding hydrogens is 439 g/mol. The monoisotopic (exact) mass is 465 g/mol. The second-order valence-electron chi connectivity index (χ2n) is 7.65. The van der Waals surface area contributed by atoms with Crippen molar-refractivity contribution in [1.29, 1.82) is 0 Å². The number of hydrogen-bond acceptors (Lipinski definition) is 4. The molecule has 2 fully saturated rings. The van der Waals surface area contributed by atoms with Crippen LogP contribution in [-0.4, -0.2) is 49.4 Å². The Bertz CT molecular complexity index is 818. The van der Waals surface area contributed by atoms with E-state index in [0.717, 1.165) is 37.8 Å². The standard InChI is InChI=1S/C19H26F3N3O3S2/c20-19(21,22)29-16-6-8-17(9-7-16)30(27,28)25-12-10-15(11-13-25)24-18(26)23-14-4-2-1-3-5-14/h6-9,14-15H,1-5,10-13H2,(H2,23,24,26). The summed E-state index contributed by atoms with van der Waals surface area (Å²) >= 11 is -0.281. The average Bonchev–Trinajstić information content (AvgIpc) is 2.68. The number of carbonyl (C=O) groups is 1. The molecule has 1 aliphatic heterocycles. The van der Waals surface area contributed by atoms with Crippen LogP contribution in [0.15, 0.2) is 34.1 Å². The first kappa shape index (κ1) is 23.2. The Balaban J connectivity index is 1.50. The molecule has 0 spiro atoms. The summed E-state index contributed by atoms with van der Waals surface area (Å²) in [5, 5.41) is 5.92. The van der Waals surface area contributed by atoms with Gasteiger partial charge in [-0.05, 0) is 61.7 Å². The maximum Gasteiger partial charge on any atom is 0.446 e. The fourth-order valence-corrected chi connectivity index (χ4v) is 5.87. The Morgan fingerprint density at radius 1 is 0.933 bits per heavy atom. The first-order chi connectivity index (χ1) is 14.1. The van der Waals surface area contributed by atoms with Gasteiger partial charge in [0.05, 0.1) is 4.90 Å². The molecule has 2 amide bonds. The van der Waals surface area contributed by atoms with E-state index in [9.17, 15) is 26.4 Å². The van der Waals surface area contributed by atoms with Crippen LogP contribution in [0.2, 0.25) is 0 Å². The van der Waals surface area contributed by atoms with E-state index in [0.29, 0.717) is 12.8 Å². The molecule has 3 rings (SSSR count). The number of rotatable bonds is 5. The predicted octanol–water partition coefficient (Wildman–Crippen LogP) is 4.08. The van der Waals surface area contributed by atoms with Gasteiger partial charge in [0, 0.05) is 30.1 Å². The zero-order valence-corrected chi connectivity index (χ0v) is 18.1. The Morgan fingerprint density at radius 3 is 2.00 bits per heavy atom. The van der Waals surface area contributed by atoms with Crippen molar-refractivity contribution in [3.63, 3.8) is 0 Å². The van der Waals surface area contributed by atoms with Gasteiger partial charge < -0.3 is 10.6 Å². The maximum atomic E-state index is 12.8. The highest BCUT2D eigenvalue weighted by molar-refractivity contribution is 8.00. The van der Waals surface area contributed by atoms with E-state index in [1.807, 2.05) is 0 Å². The van der Waals surface area contributed by atoms with Crippen molar-refractivity contribution in [2.75, 3.05) is 13.1 Å². The van der Waals surface area contributed by atoms with Crippen LogP contribution in [0.5, 0.6) is 0 Å². The Labute approximate surface area is 179 Å². The number of halogens is 3. The lowest BCUT2D eigenvalue weighted by Gasteiger charge is -2.32. The second-order valence-corrected chi connectivity index (χ2v) is 10.7. The van der Waals surface area contributed by atoms with Gasteiger partial charge in [0.15, 0.2) is 0 Å². The van der Waals surface area contributed by atoms with Crippen molar-refractivity contribution in [3.8, 4) is 0 Å². The fourth-order valence-electron chi connectivity index (χ4n) is 3.86. The highest BCUT2D eigenvalue weighted by Gasteiger charge is 2.32. The van der Waals surface area contributed by atoms with Crippen LogP contribution in [0.4, 0.5) is 18.0 Å². The van der Waals surface area contributed by atoms with E-state index in [1.54, 1.807) is 0 Å². The Kier molecular flexibility index (Phi) is 7.56. The van der Waals surface area contributed by atoms with Crippen LogP contribution in [0.3, 0.4) is 0 Å². The zero-order chi connectivity index (χ0) is 21.8. The van der Waals surface area contributed by atoms with Crippen molar-refractivity contribution in [2.24, 2.45) is 0 Å². The molecule has 1 saturated carbocycles. The van der Waals surface area contributed by atoms with Crippen molar-refractivity contribution >= 4 is 27.8 Å². The van der Waals surface area contributed by atoms with Crippen LogP contribution in [0, 0.1) is 0 Å². The number of piperidine rings is 1. The van der Waals surface area contributed by atoms with Gasteiger partial charge >= 0.3 is 11.5 Å². The molecule has 0 aromatic heterocycles.